The van der Waals surface area contributed by atoms with Crippen molar-refractivity contribution >= 4 is 28.5 Å². The zero-order chi connectivity index (χ0) is 22.1. The van der Waals surface area contributed by atoms with Gasteiger partial charge in [0.05, 0.1) is 45.5 Å². The molecule has 0 saturated heterocycles. The van der Waals surface area contributed by atoms with Crippen LogP contribution in [-0.2, 0) is 6.42 Å². The molecule has 1 atom stereocenters. The highest BCUT2D eigenvalue weighted by molar-refractivity contribution is 6.33. The van der Waals surface area contributed by atoms with Gasteiger partial charge >= 0.3 is 0 Å². The van der Waals surface area contributed by atoms with E-state index in [2.05, 4.69) is 21.1 Å². The third kappa shape index (κ3) is 2.90. The zero-order valence-electron chi connectivity index (χ0n) is 17.6. The lowest BCUT2D eigenvalue weighted by Crippen LogP contribution is -2.41. The van der Waals surface area contributed by atoms with Crippen LogP contribution in [0.15, 0.2) is 55.2 Å². The molecule has 0 aromatic carbocycles. The number of aromatic amines is 1. The number of aromatic nitrogens is 6. The summed E-state index contributed by atoms with van der Waals surface area (Å²) in [6.07, 6.45) is 10.4. The summed E-state index contributed by atoms with van der Waals surface area (Å²) in [6, 6.07) is 9.34. The lowest BCUT2D eigenvalue weighted by molar-refractivity contribution is 0.0689. The second kappa shape index (κ2) is 6.92. The summed E-state index contributed by atoms with van der Waals surface area (Å²) in [5.74, 6) is 0.551. The Morgan fingerprint density at radius 1 is 1.15 bits per heavy atom. The van der Waals surface area contributed by atoms with E-state index in [9.17, 15) is 4.79 Å². The van der Waals surface area contributed by atoms with Gasteiger partial charge in [-0.05, 0) is 48.6 Å². The maximum absolute atomic E-state index is 13.9. The molecule has 9 heteroatoms. The van der Waals surface area contributed by atoms with Crippen LogP contribution >= 0.6 is 11.6 Å². The molecule has 1 saturated carbocycles. The summed E-state index contributed by atoms with van der Waals surface area (Å²) in [6.45, 7) is 0.553. The topological polar surface area (TPSA) is 83.6 Å². The van der Waals surface area contributed by atoms with Gasteiger partial charge in [0.1, 0.15) is 6.04 Å². The summed E-state index contributed by atoms with van der Waals surface area (Å²) >= 11 is 6.40. The number of carbonyl (C=O) groups excluding carboxylic acids is 1. The van der Waals surface area contributed by atoms with Crippen molar-refractivity contribution in [1.82, 2.24) is 34.1 Å². The van der Waals surface area contributed by atoms with Crippen LogP contribution in [0.25, 0.3) is 11.0 Å². The van der Waals surface area contributed by atoms with Gasteiger partial charge < -0.3 is 9.88 Å². The van der Waals surface area contributed by atoms with E-state index in [1.54, 1.807) is 17.0 Å². The fraction of sp³-hybridized carbons (Fsp3) is 0.250. The molecule has 8 nitrogen and oxygen atoms in total. The predicted molar refractivity (Wildman–Crippen MR) is 123 cm³/mol. The number of amides is 1. The van der Waals surface area contributed by atoms with Gasteiger partial charge in [-0.15, -0.1) is 0 Å². The molecule has 6 heterocycles. The van der Waals surface area contributed by atoms with Crippen molar-refractivity contribution in [2.45, 2.75) is 31.2 Å². The molecular formula is C24H20ClN7O. The molecule has 33 heavy (non-hydrogen) atoms. The number of rotatable bonds is 3. The highest BCUT2D eigenvalue weighted by atomic mass is 35.5. The van der Waals surface area contributed by atoms with E-state index in [0.717, 1.165) is 28.1 Å². The normalized spacial score (nSPS) is 18.2. The monoisotopic (exact) mass is 457 g/mol. The first kappa shape index (κ1) is 18.9. The number of imidazole rings is 1. The molecule has 0 bridgehead atoms. The maximum Gasteiger partial charge on any atom is 0.258 e. The molecule has 5 aromatic heterocycles. The van der Waals surface area contributed by atoms with Gasteiger partial charge in [-0.3, -0.25) is 4.79 Å². The quantitative estimate of drug-likeness (QED) is 0.443. The van der Waals surface area contributed by atoms with E-state index in [-0.39, 0.29) is 5.91 Å². The SMILES string of the molecule is O=C(c1cnn2cc(C3CC3)ccc12)N1CCc2[nH]cnc2C1c1cc2c(Cl)cccn2n1. The summed E-state index contributed by atoms with van der Waals surface area (Å²) < 4.78 is 3.57. The van der Waals surface area contributed by atoms with Crippen LogP contribution in [0.4, 0.5) is 0 Å². The molecule has 0 spiro atoms. The minimum atomic E-state index is -0.413. The van der Waals surface area contributed by atoms with Crippen molar-refractivity contribution in [2.75, 3.05) is 6.54 Å². The van der Waals surface area contributed by atoms with Crippen molar-refractivity contribution in [2.24, 2.45) is 0 Å². The number of hydrogen-bond donors (Lipinski definition) is 1. The van der Waals surface area contributed by atoms with Crippen molar-refractivity contribution in [3.05, 3.63) is 88.5 Å². The van der Waals surface area contributed by atoms with Crippen LogP contribution < -0.4 is 0 Å². The second-order valence-electron chi connectivity index (χ2n) is 8.80. The Bertz CT molecular complexity index is 1540. The van der Waals surface area contributed by atoms with Gasteiger partial charge in [0.2, 0.25) is 0 Å². The van der Waals surface area contributed by atoms with E-state index in [0.29, 0.717) is 29.5 Å². The Kier molecular flexibility index (Phi) is 3.96. The first-order valence-electron chi connectivity index (χ1n) is 11.1. The van der Waals surface area contributed by atoms with Gasteiger partial charge in [-0.25, -0.2) is 14.0 Å². The number of halogens is 1. The molecule has 1 aliphatic carbocycles. The Morgan fingerprint density at radius 3 is 2.91 bits per heavy atom. The molecule has 1 aliphatic heterocycles. The van der Waals surface area contributed by atoms with Crippen molar-refractivity contribution in [1.29, 1.82) is 0 Å². The Hall–Kier alpha value is -3.65. The number of nitrogens with zero attached hydrogens (tertiary/aromatic N) is 6. The number of nitrogens with one attached hydrogen (secondary N) is 1. The van der Waals surface area contributed by atoms with Crippen molar-refractivity contribution in [3.63, 3.8) is 0 Å². The Morgan fingerprint density at radius 2 is 2.06 bits per heavy atom. The van der Waals surface area contributed by atoms with E-state index in [1.807, 2.05) is 46.1 Å². The van der Waals surface area contributed by atoms with Crippen LogP contribution in [0.5, 0.6) is 0 Å². The first-order chi connectivity index (χ1) is 16.2. The Balaban J connectivity index is 1.33. The lowest BCUT2D eigenvalue weighted by Gasteiger charge is -2.33. The van der Waals surface area contributed by atoms with Gasteiger partial charge in [0, 0.05) is 31.1 Å². The number of pyridine rings is 2. The van der Waals surface area contributed by atoms with Crippen LogP contribution in [0, 0.1) is 0 Å². The molecule has 0 radical (unpaired) electrons. The van der Waals surface area contributed by atoms with Gasteiger partial charge in [-0.1, -0.05) is 17.7 Å². The summed E-state index contributed by atoms with van der Waals surface area (Å²) in [7, 11) is 0. The molecule has 1 fully saturated rings. The van der Waals surface area contributed by atoms with E-state index < -0.39 is 6.04 Å². The largest absolute Gasteiger partial charge is 0.348 e. The summed E-state index contributed by atoms with van der Waals surface area (Å²) in [5, 5.41) is 9.86. The number of H-pyrrole nitrogens is 1. The molecule has 1 unspecified atom stereocenters. The molecule has 1 amide bonds. The predicted octanol–water partition coefficient (Wildman–Crippen LogP) is 4.02. The van der Waals surface area contributed by atoms with E-state index >= 15 is 0 Å². The average Bonchev–Trinajstić information content (AvgIpc) is 3.22. The third-order valence-corrected chi connectivity index (χ3v) is 7.07. The highest BCUT2D eigenvalue weighted by Gasteiger charge is 2.37. The molecule has 2 aliphatic rings. The van der Waals surface area contributed by atoms with Gasteiger partial charge in [-0.2, -0.15) is 10.2 Å². The molecule has 164 valence electrons. The minimum Gasteiger partial charge on any atom is -0.348 e. The third-order valence-electron chi connectivity index (χ3n) is 6.75. The van der Waals surface area contributed by atoms with Gasteiger partial charge in [0.15, 0.2) is 0 Å². The number of carbonyl (C=O) groups is 1. The van der Waals surface area contributed by atoms with E-state index in [4.69, 9.17) is 16.7 Å². The van der Waals surface area contributed by atoms with Crippen molar-refractivity contribution in [3.8, 4) is 0 Å². The molecule has 5 aromatic rings. The molecule has 1 N–H and O–H groups in total. The maximum atomic E-state index is 13.9. The Labute approximate surface area is 193 Å². The average molecular weight is 458 g/mol. The van der Waals surface area contributed by atoms with Crippen LogP contribution in [0.2, 0.25) is 5.02 Å². The number of fused-ring (bicyclic) bond motifs is 3. The lowest BCUT2D eigenvalue weighted by atomic mass is 9.98. The second-order valence-corrected chi connectivity index (χ2v) is 9.20. The number of hydrogen-bond acceptors (Lipinski definition) is 4. The summed E-state index contributed by atoms with van der Waals surface area (Å²) in [4.78, 5) is 23.5. The molecule has 7 rings (SSSR count). The minimum absolute atomic E-state index is 0.0778. The highest BCUT2D eigenvalue weighted by Crippen LogP contribution is 2.40. The smallest absolute Gasteiger partial charge is 0.258 e. The fourth-order valence-electron chi connectivity index (χ4n) is 4.91. The van der Waals surface area contributed by atoms with Crippen LogP contribution in [-0.4, -0.2) is 46.5 Å². The van der Waals surface area contributed by atoms with Crippen LogP contribution in [0.3, 0.4) is 0 Å². The fourth-order valence-corrected chi connectivity index (χ4v) is 5.12. The first-order valence-corrected chi connectivity index (χ1v) is 11.5. The molecular weight excluding hydrogens is 438 g/mol. The summed E-state index contributed by atoms with van der Waals surface area (Å²) in [5.41, 5.74) is 6.06. The zero-order valence-corrected chi connectivity index (χ0v) is 18.4. The van der Waals surface area contributed by atoms with Gasteiger partial charge in [0.25, 0.3) is 5.91 Å². The van der Waals surface area contributed by atoms with Crippen molar-refractivity contribution < 1.29 is 4.79 Å². The van der Waals surface area contributed by atoms with Crippen LogP contribution in [0.1, 0.15) is 57.8 Å². The van der Waals surface area contributed by atoms with E-state index in [1.165, 1.54) is 18.4 Å². The standard InChI is InChI=1S/C24H20ClN7O/c25-17-2-1-8-31-21(17)10-19(29-31)23-22-18(26-13-27-22)7-9-30(23)24(33)16-11-28-32-12-15(14-3-4-14)5-6-20(16)32/h1-2,5-6,8,10-14,23H,3-4,7,9H2,(H,26,27).